The van der Waals surface area contributed by atoms with Gasteiger partial charge in [0.2, 0.25) is 0 Å². The minimum atomic E-state index is -3.04. The van der Waals surface area contributed by atoms with Gasteiger partial charge in [0.15, 0.2) is 11.6 Å². The predicted molar refractivity (Wildman–Crippen MR) is 143 cm³/mol. The van der Waals surface area contributed by atoms with Crippen LogP contribution in [0.2, 0.25) is 0 Å². The van der Waals surface area contributed by atoms with Crippen molar-refractivity contribution in [2.24, 2.45) is 7.05 Å². The van der Waals surface area contributed by atoms with Crippen molar-refractivity contribution in [2.75, 3.05) is 23.3 Å². The molecule has 39 heavy (non-hydrogen) atoms. The first-order chi connectivity index (χ1) is 18.9. The molecule has 6 rings (SSSR count). The number of nitrogens with zero attached hydrogens (tertiary/aromatic N) is 7. The van der Waals surface area contributed by atoms with Crippen molar-refractivity contribution in [3.05, 3.63) is 54.4 Å². The summed E-state index contributed by atoms with van der Waals surface area (Å²) in [6, 6.07) is 12.3. The summed E-state index contributed by atoms with van der Waals surface area (Å²) in [6.45, 7) is 0.651. The second kappa shape index (κ2) is 10.3. The van der Waals surface area contributed by atoms with E-state index >= 15 is 0 Å². The maximum absolute atomic E-state index is 13.4. The molecule has 12 heteroatoms. The molecule has 200 valence electrons. The Morgan fingerprint density at radius 3 is 2.62 bits per heavy atom. The minimum absolute atomic E-state index is 0.0925. The first-order valence-corrected chi connectivity index (χ1v) is 12.6. The van der Waals surface area contributed by atoms with Crippen LogP contribution in [-0.4, -0.2) is 49.6 Å². The molecule has 0 spiro atoms. The Labute approximate surface area is 222 Å². The summed E-state index contributed by atoms with van der Waals surface area (Å²) in [6.07, 6.45) is 4.85. The van der Waals surface area contributed by atoms with Crippen molar-refractivity contribution >= 4 is 39.4 Å². The largest absolute Gasteiger partial charge is 0.457 e. The van der Waals surface area contributed by atoms with Crippen LogP contribution in [-0.2, 0) is 7.05 Å². The number of alkyl halides is 2. The van der Waals surface area contributed by atoms with Crippen LogP contribution in [0.25, 0.3) is 22.1 Å². The third kappa shape index (κ3) is 5.09. The number of piperidine rings is 1. The molecule has 0 atom stereocenters. The van der Waals surface area contributed by atoms with Crippen LogP contribution < -0.4 is 19.7 Å². The number of rotatable bonds is 7. The molecular weight excluding hydrogens is 506 g/mol. The lowest BCUT2D eigenvalue weighted by Crippen LogP contribution is -2.30. The molecule has 10 nitrogen and oxygen atoms in total. The van der Waals surface area contributed by atoms with Crippen LogP contribution in [0.3, 0.4) is 0 Å². The quantitative estimate of drug-likeness (QED) is 0.281. The van der Waals surface area contributed by atoms with E-state index < -0.39 is 6.61 Å². The van der Waals surface area contributed by atoms with E-state index in [2.05, 4.69) is 30.5 Å². The Bertz CT molecular complexity index is 1650. The van der Waals surface area contributed by atoms with Gasteiger partial charge in [-0.2, -0.15) is 8.78 Å². The fourth-order valence-corrected chi connectivity index (χ4v) is 4.73. The van der Waals surface area contributed by atoms with Gasteiger partial charge < -0.3 is 19.7 Å². The van der Waals surface area contributed by atoms with Gasteiger partial charge in [-0.05, 0) is 62.1 Å². The zero-order valence-electron chi connectivity index (χ0n) is 21.4. The van der Waals surface area contributed by atoms with Crippen LogP contribution in [0.1, 0.15) is 24.8 Å². The number of fused-ring (bicyclic) bond motifs is 2. The highest BCUT2D eigenvalue weighted by atomic mass is 19.3. The number of anilines is 3. The van der Waals surface area contributed by atoms with Gasteiger partial charge in [0.05, 0.1) is 16.7 Å². The number of ether oxygens (including phenoxy) is 2. The highest BCUT2D eigenvalue weighted by Gasteiger charge is 2.18. The van der Waals surface area contributed by atoms with E-state index in [1.165, 1.54) is 18.8 Å². The van der Waals surface area contributed by atoms with Gasteiger partial charge in [0.1, 0.15) is 34.7 Å². The minimum Gasteiger partial charge on any atom is -0.457 e. The number of nitrogens with one attached hydrogen (secondary N) is 1. The Balaban J connectivity index is 1.34. The molecule has 1 saturated heterocycles. The first-order valence-electron chi connectivity index (χ1n) is 12.6. The van der Waals surface area contributed by atoms with Crippen LogP contribution >= 0.6 is 0 Å². The maximum Gasteiger partial charge on any atom is 0.387 e. The maximum atomic E-state index is 13.4. The third-order valence-electron chi connectivity index (χ3n) is 6.70. The van der Waals surface area contributed by atoms with Crippen molar-refractivity contribution in [2.45, 2.75) is 32.8 Å². The summed E-state index contributed by atoms with van der Waals surface area (Å²) in [7, 11) is 1.80. The zero-order valence-corrected chi connectivity index (χ0v) is 21.4. The van der Waals surface area contributed by atoms with E-state index in [0.29, 0.717) is 45.1 Å². The van der Waals surface area contributed by atoms with Crippen LogP contribution in [0.15, 0.2) is 48.8 Å². The van der Waals surface area contributed by atoms with Gasteiger partial charge in [0, 0.05) is 32.3 Å². The van der Waals surface area contributed by atoms with Gasteiger partial charge in [-0.3, -0.25) is 0 Å². The van der Waals surface area contributed by atoms with Crippen molar-refractivity contribution in [3.8, 4) is 17.2 Å². The van der Waals surface area contributed by atoms with Crippen molar-refractivity contribution in [3.63, 3.8) is 0 Å². The molecule has 2 aromatic carbocycles. The topological polar surface area (TPSA) is 103 Å². The van der Waals surface area contributed by atoms with Crippen molar-refractivity contribution in [1.82, 2.24) is 29.9 Å². The molecule has 1 aliphatic heterocycles. The fraction of sp³-hybridized carbons (Fsp3) is 0.296. The van der Waals surface area contributed by atoms with Gasteiger partial charge in [-0.1, -0.05) is 5.21 Å². The van der Waals surface area contributed by atoms with E-state index in [4.69, 9.17) is 14.5 Å². The molecule has 0 unspecified atom stereocenters. The molecule has 1 aliphatic rings. The van der Waals surface area contributed by atoms with Crippen molar-refractivity contribution < 1.29 is 18.3 Å². The summed E-state index contributed by atoms with van der Waals surface area (Å²) in [5.41, 5.74) is 3.67. The zero-order chi connectivity index (χ0) is 26.9. The van der Waals surface area contributed by atoms with Gasteiger partial charge >= 0.3 is 6.61 Å². The third-order valence-corrected chi connectivity index (χ3v) is 6.70. The average Bonchev–Trinajstić information content (AvgIpc) is 3.31. The molecule has 0 amide bonds. The number of pyridine rings is 1. The van der Waals surface area contributed by atoms with Gasteiger partial charge in [-0.15, -0.1) is 5.10 Å². The second-order valence-corrected chi connectivity index (χ2v) is 9.39. The van der Waals surface area contributed by atoms with Gasteiger partial charge in [-0.25, -0.2) is 19.6 Å². The smallest absolute Gasteiger partial charge is 0.387 e. The number of hydrogen-bond donors (Lipinski definition) is 1. The highest BCUT2D eigenvalue weighted by molar-refractivity contribution is 5.89. The average molecular weight is 533 g/mol. The Kier molecular flexibility index (Phi) is 6.51. The first kappa shape index (κ1) is 24.7. The Hall–Kier alpha value is -4.61. The van der Waals surface area contributed by atoms with Crippen molar-refractivity contribution in [1.29, 1.82) is 0 Å². The standard InChI is InChI=1S/C27H26F2N8O2/c1-16-12-20(32-26-25-18(30-15-31-26)7-9-24(33-25)37-10-4-3-5-11-37)23(39-27(28)29)14-22(16)38-17-6-8-21-19(13-17)34-35-36(21)2/h6-9,12-15,27H,3-5,10-11H2,1-2H3,(H,30,31,32). The molecule has 0 aliphatic carbocycles. The normalized spacial score (nSPS) is 13.8. The Morgan fingerprint density at radius 2 is 1.79 bits per heavy atom. The Morgan fingerprint density at radius 1 is 0.949 bits per heavy atom. The molecule has 0 saturated carbocycles. The monoisotopic (exact) mass is 532 g/mol. The lowest BCUT2D eigenvalue weighted by Gasteiger charge is -2.27. The molecule has 0 radical (unpaired) electrons. The van der Waals surface area contributed by atoms with E-state index in [1.807, 2.05) is 25.1 Å². The number of benzene rings is 2. The van der Waals surface area contributed by atoms with Crippen LogP contribution in [0, 0.1) is 6.92 Å². The molecule has 3 aromatic heterocycles. The molecule has 1 N–H and O–H groups in total. The number of hydrogen-bond acceptors (Lipinski definition) is 9. The summed E-state index contributed by atoms with van der Waals surface area (Å²) in [5, 5.41) is 11.2. The van der Waals surface area contributed by atoms with Gasteiger partial charge in [0.25, 0.3) is 0 Å². The number of aromatic nitrogens is 6. The number of halogens is 2. The van der Waals surface area contributed by atoms with E-state index in [1.54, 1.807) is 29.9 Å². The molecule has 0 bridgehead atoms. The van der Waals surface area contributed by atoms with E-state index in [9.17, 15) is 8.78 Å². The summed E-state index contributed by atoms with van der Waals surface area (Å²) >= 11 is 0. The fourth-order valence-electron chi connectivity index (χ4n) is 4.73. The second-order valence-electron chi connectivity index (χ2n) is 9.39. The summed E-state index contributed by atoms with van der Waals surface area (Å²) in [5.74, 6) is 1.98. The SMILES string of the molecule is Cc1cc(Nc2ncnc3ccc(N4CCCCC4)nc23)c(OC(F)F)cc1Oc1ccc2c(c1)nnn2C. The van der Waals surface area contributed by atoms with Crippen LogP contribution in [0.5, 0.6) is 17.2 Å². The summed E-state index contributed by atoms with van der Waals surface area (Å²) in [4.78, 5) is 15.8. The summed E-state index contributed by atoms with van der Waals surface area (Å²) < 4.78 is 39.4. The molecular formula is C27H26F2N8O2. The number of aryl methyl sites for hydroxylation is 2. The van der Waals surface area contributed by atoms with Crippen LogP contribution in [0.4, 0.5) is 26.1 Å². The molecule has 4 heterocycles. The molecule has 1 fully saturated rings. The lowest BCUT2D eigenvalue weighted by molar-refractivity contribution is -0.0494. The van der Waals surface area contributed by atoms with E-state index in [0.717, 1.165) is 37.3 Å². The molecule has 5 aromatic rings. The lowest BCUT2D eigenvalue weighted by atomic mass is 10.1. The predicted octanol–water partition coefficient (Wildman–Crippen LogP) is 5.74. The van der Waals surface area contributed by atoms with E-state index in [-0.39, 0.29) is 5.75 Å². The highest BCUT2D eigenvalue weighted by Crippen LogP contribution is 2.38.